The lowest BCUT2D eigenvalue weighted by Crippen LogP contribution is -2.19. The molecule has 0 radical (unpaired) electrons. The number of aryl methyl sites for hydroxylation is 1. The van der Waals surface area contributed by atoms with Gasteiger partial charge in [-0.05, 0) is 27.6 Å². The van der Waals surface area contributed by atoms with Crippen LogP contribution in [0.4, 0.5) is 0 Å². The van der Waals surface area contributed by atoms with Crippen molar-refractivity contribution in [2.75, 3.05) is 0 Å². The average Bonchev–Trinajstić information content (AvgIpc) is 2.30. The zero-order chi connectivity index (χ0) is 9.30. The second-order valence-corrected chi connectivity index (χ2v) is 3.34. The molecule has 1 aromatic rings. The zero-order valence-electron chi connectivity index (χ0n) is 6.49. The largest absolute Gasteiger partial charge is 0.480 e. The molecule has 0 aromatic carbocycles. The Balaban J connectivity index is 2.96. The van der Waals surface area contributed by atoms with Crippen molar-refractivity contribution >= 4 is 21.9 Å². The molecule has 0 saturated heterocycles. The molecule has 5 heteroatoms. The van der Waals surface area contributed by atoms with Crippen molar-refractivity contribution in [2.24, 2.45) is 12.8 Å². The SMILES string of the molecule is Cn1cc(C(N)C(=O)O)cc1Br. The number of carboxylic acids is 1. The minimum absolute atomic E-state index is 0.594. The van der Waals surface area contributed by atoms with Crippen molar-refractivity contribution < 1.29 is 9.90 Å². The Kier molecular flexibility index (Phi) is 2.54. The monoisotopic (exact) mass is 232 g/mol. The molecular weight excluding hydrogens is 224 g/mol. The first kappa shape index (κ1) is 9.28. The summed E-state index contributed by atoms with van der Waals surface area (Å²) in [6.45, 7) is 0. The molecule has 3 N–H and O–H groups in total. The number of hydrogen-bond donors (Lipinski definition) is 2. The highest BCUT2D eigenvalue weighted by molar-refractivity contribution is 9.10. The van der Waals surface area contributed by atoms with Crippen LogP contribution in [0.25, 0.3) is 0 Å². The highest BCUT2D eigenvalue weighted by atomic mass is 79.9. The van der Waals surface area contributed by atoms with Crippen LogP contribution in [-0.4, -0.2) is 15.6 Å². The van der Waals surface area contributed by atoms with Crippen LogP contribution in [0, 0.1) is 0 Å². The van der Waals surface area contributed by atoms with Gasteiger partial charge in [0.05, 0.1) is 4.60 Å². The summed E-state index contributed by atoms with van der Waals surface area (Å²) in [6.07, 6.45) is 1.68. The van der Waals surface area contributed by atoms with E-state index in [4.69, 9.17) is 10.8 Å². The van der Waals surface area contributed by atoms with E-state index in [1.165, 1.54) is 0 Å². The highest BCUT2D eigenvalue weighted by Crippen LogP contribution is 2.18. The number of nitrogens with zero attached hydrogens (tertiary/aromatic N) is 1. The lowest BCUT2D eigenvalue weighted by Gasteiger charge is -2.01. The van der Waals surface area contributed by atoms with Crippen LogP contribution in [0.1, 0.15) is 11.6 Å². The van der Waals surface area contributed by atoms with E-state index < -0.39 is 12.0 Å². The van der Waals surface area contributed by atoms with Crippen LogP contribution < -0.4 is 5.73 Å². The molecule has 1 aromatic heterocycles. The molecule has 1 rings (SSSR count). The van der Waals surface area contributed by atoms with Gasteiger partial charge >= 0.3 is 5.97 Å². The van der Waals surface area contributed by atoms with Crippen molar-refractivity contribution in [3.63, 3.8) is 0 Å². The fourth-order valence-electron chi connectivity index (χ4n) is 0.875. The number of aliphatic carboxylic acids is 1. The van der Waals surface area contributed by atoms with Gasteiger partial charge in [-0.25, -0.2) is 0 Å². The number of carboxylic acid groups (broad SMARTS) is 1. The molecule has 0 aliphatic heterocycles. The summed E-state index contributed by atoms with van der Waals surface area (Å²) >= 11 is 3.25. The summed E-state index contributed by atoms with van der Waals surface area (Å²) < 4.78 is 2.58. The predicted molar refractivity (Wildman–Crippen MR) is 47.7 cm³/mol. The summed E-state index contributed by atoms with van der Waals surface area (Å²) in [5.74, 6) is -1.02. The average molecular weight is 233 g/mol. The second kappa shape index (κ2) is 3.28. The molecule has 0 aliphatic carbocycles. The van der Waals surface area contributed by atoms with Gasteiger partial charge < -0.3 is 15.4 Å². The van der Waals surface area contributed by atoms with Gasteiger partial charge in [-0.1, -0.05) is 0 Å². The minimum atomic E-state index is -1.02. The van der Waals surface area contributed by atoms with E-state index in [1.54, 1.807) is 16.8 Å². The molecule has 4 nitrogen and oxygen atoms in total. The minimum Gasteiger partial charge on any atom is -0.480 e. The van der Waals surface area contributed by atoms with E-state index in [1.807, 2.05) is 7.05 Å². The molecular formula is C7H9BrN2O2. The lowest BCUT2D eigenvalue weighted by atomic mass is 10.2. The van der Waals surface area contributed by atoms with Gasteiger partial charge in [-0.2, -0.15) is 0 Å². The molecule has 0 amide bonds. The second-order valence-electron chi connectivity index (χ2n) is 2.52. The maximum absolute atomic E-state index is 10.5. The van der Waals surface area contributed by atoms with Crippen molar-refractivity contribution in [1.82, 2.24) is 4.57 Å². The van der Waals surface area contributed by atoms with E-state index in [-0.39, 0.29) is 0 Å². The number of aromatic nitrogens is 1. The van der Waals surface area contributed by atoms with Gasteiger partial charge in [0, 0.05) is 13.2 Å². The Bertz CT molecular complexity index is 289. The van der Waals surface area contributed by atoms with Crippen molar-refractivity contribution in [2.45, 2.75) is 6.04 Å². The third-order valence-electron chi connectivity index (χ3n) is 1.59. The van der Waals surface area contributed by atoms with Crippen LogP contribution in [-0.2, 0) is 11.8 Å². The number of rotatable bonds is 2. The van der Waals surface area contributed by atoms with Crippen LogP contribution in [0.3, 0.4) is 0 Å². The van der Waals surface area contributed by atoms with E-state index in [2.05, 4.69) is 15.9 Å². The van der Waals surface area contributed by atoms with Crippen molar-refractivity contribution in [3.8, 4) is 0 Å². The number of halogens is 1. The Morgan fingerprint density at radius 2 is 2.42 bits per heavy atom. The highest BCUT2D eigenvalue weighted by Gasteiger charge is 2.15. The number of nitrogens with two attached hydrogens (primary N) is 1. The van der Waals surface area contributed by atoms with Gasteiger partial charge in [0.15, 0.2) is 0 Å². The van der Waals surface area contributed by atoms with Crippen LogP contribution in [0.5, 0.6) is 0 Å². The quantitative estimate of drug-likeness (QED) is 0.796. The number of carbonyl (C=O) groups is 1. The molecule has 0 saturated carbocycles. The molecule has 1 unspecified atom stereocenters. The van der Waals surface area contributed by atoms with Crippen LogP contribution >= 0.6 is 15.9 Å². The Labute approximate surface area is 78.1 Å². The first-order chi connectivity index (χ1) is 5.52. The number of hydrogen-bond acceptors (Lipinski definition) is 2. The van der Waals surface area contributed by atoms with Gasteiger partial charge in [0.25, 0.3) is 0 Å². The van der Waals surface area contributed by atoms with E-state index in [0.29, 0.717) is 5.56 Å². The molecule has 0 aliphatic rings. The van der Waals surface area contributed by atoms with Gasteiger partial charge in [0.1, 0.15) is 6.04 Å². The van der Waals surface area contributed by atoms with Crippen LogP contribution in [0.15, 0.2) is 16.9 Å². The normalized spacial score (nSPS) is 12.9. The van der Waals surface area contributed by atoms with E-state index in [0.717, 1.165) is 4.60 Å². The third kappa shape index (κ3) is 1.67. The van der Waals surface area contributed by atoms with Gasteiger partial charge in [-0.15, -0.1) is 0 Å². The fourth-order valence-corrected chi connectivity index (χ4v) is 1.24. The molecule has 0 spiro atoms. The van der Waals surface area contributed by atoms with E-state index >= 15 is 0 Å². The standard InChI is InChI=1S/C7H9BrN2O2/c1-10-3-4(2-5(10)8)6(9)7(11)12/h2-3,6H,9H2,1H3,(H,11,12). The predicted octanol–water partition coefficient (Wildman–Crippen LogP) is 0.872. The molecule has 66 valence electrons. The maximum atomic E-state index is 10.5. The van der Waals surface area contributed by atoms with Gasteiger partial charge in [0.2, 0.25) is 0 Å². The van der Waals surface area contributed by atoms with Crippen LogP contribution in [0.2, 0.25) is 0 Å². The summed E-state index contributed by atoms with van der Waals surface area (Å²) in [5.41, 5.74) is 5.98. The van der Waals surface area contributed by atoms with Crippen molar-refractivity contribution in [3.05, 3.63) is 22.4 Å². The first-order valence-corrected chi connectivity index (χ1v) is 4.12. The first-order valence-electron chi connectivity index (χ1n) is 3.32. The Hall–Kier alpha value is -0.810. The molecule has 1 heterocycles. The summed E-state index contributed by atoms with van der Waals surface area (Å²) in [5, 5.41) is 8.59. The van der Waals surface area contributed by atoms with E-state index in [9.17, 15) is 4.79 Å². The molecule has 12 heavy (non-hydrogen) atoms. The molecule has 0 bridgehead atoms. The lowest BCUT2D eigenvalue weighted by molar-refractivity contribution is -0.138. The maximum Gasteiger partial charge on any atom is 0.325 e. The smallest absolute Gasteiger partial charge is 0.325 e. The summed E-state index contributed by atoms with van der Waals surface area (Å²) in [6, 6.07) is 0.751. The fraction of sp³-hybridized carbons (Fsp3) is 0.286. The van der Waals surface area contributed by atoms with Crippen molar-refractivity contribution in [1.29, 1.82) is 0 Å². The Morgan fingerprint density at radius 1 is 1.83 bits per heavy atom. The molecule has 0 fully saturated rings. The summed E-state index contributed by atoms with van der Waals surface area (Å²) in [4.78, 5) is 10.5. The zero-order valence-corrected chi connectivity index (χ0v) is 8.08. The summed E-state index contributed by atoms with van der Waals surface area (Å²) in [7, 11) is 1.81. The topological polar surface area (TPSA) is 68.2 Å². The molecule has 1 atom stereocenters. The Morgan fingerprint density at radius 3 is 2.75 bits per heavy atom. The third-order valence-corrected chi connectivity index (χ3v) is 2.38. The van der Waals surface area contributed by atoms with Gasteiger partial charge in [-0.3, -0.25) is 4.79 Å².